The number of piperazine rings is 2. The number of non-ortho nitro benzene ring substituents is 1. The van der Waals surface area contributed by atoms with Crippen molar-refractivity contribution in [3.63, 3.8) is 0 Å². The standard InChI is InChI=1S/C33H54N8O4/c1-5-35-19-21-40(38-20-18-37-26-29(38)14-16-36-17-15-32(42)45-33(2,3)4)22-24-41(25-23-40,30-10-6-27(34)7-11-30)31-12-8-28(9-13-31)39(43)44/h6-13,29,35-37H,5,14-26,34H2,1-4H3/q+2. The van der Waals surface area contributed by atoms with E-state index in [1.54, 1.807) is 12.1 Å². The van der Waals surface area contributed by atoms with Gasteiger partial charge in [-0.15, -0.1) is 5.01 Å². The van der Waals surface area contributed by atoms with Crippen molar-refractivity contribution in [3.8, 4) is 0 Å². The number of ether oxygens (including phenoxy) is 1. The molecule has 0 aromatic heterocycles. The molecule has 0 aliphatic carbocycles. The van der Waals surface area contributed by atoms with Crippen molar-refractivity contribution in [1.82, 2.24) is 25.4 Å². The van der Waals surface area contributed by atoms with Gasteiger partial charge in [0.15, 0.2) is 0 Å². The Labute approximate surface area is 268 Å². The molecule has 12 heteroatoms. The highest BCUT2D eigenvalue weighted by Crippen LogP contribution is 2.39. The third-order valence-corrected chi connectivity index (χ3v) is 9.14. The summed E-state index contributed by atoms with van der Waals surface area (Å²) in [5.74, 6) is -0.173. The molecule has 2 aromatic rings. The fourth-order valence-electron chi connectivity index (χ4n) is 6.83. The van der Waals surface area contributed by atoms with Gasteiger partial charge in [0.2, 0.25) is 0 Å². The molecule has 0 amide bonds. The van der Waals surface area contributed by atoms with Gasteiger partial charge in [-0.2, -0.15) is 0 Å². The maximum absolute atomic E-state index is 12.1. The van der Waals surface area contributed by atoms with E-state index in [0.717, 1.165) is 100 Å². The lowest BCUT2D eigenvalue weighted by molar-refractivity contribution is -1.04. The number of likely N-dealkylation sites (N-methyl/N-ethyl adjacent to an activating group) is 1. The zero-order chi connectivity index (χ0) is 32.5. The summed E-state index contributed by atoms with van der Waals surface area (Å²) in [4.78, 5) is 23.2. The molecule has 248 valence electrons. The summed E-state index contributed by atoms with van der Waals surface area (Å²) in [7, 11) is 0. The Balaban J connectivity index is 1.52. The number of esters is 1. The molecule has 2 heterocycles. The first kappa shape index (κ1) is 34.7. The molecule has 0 spiro atoms. The van der Waals surface area contributed by atoms with E-state index >= 15 is 0 Å². The molecule has 1 unspecified atom stereocenters. The van der Waals surface area contributed by atoms with Gasteiger partial charge in [-0.05, 0) is 52.4 Å². The predicted molar refractivity (Wildman–Crippen MR) is 180 cm³/mol. The highest BCUT2D eigenvalue weighted by atomic mass is 16.6. The Hall–Kier alpha value is -3.13. The topological polar surface area (TPSA) is 135 Å². The van der Waals surface area contributed by atoms with E-state index in [1.807, 2.05) is 45.0 Å². The van der Waals surface area contributed by atoms with Crippen LogP contribution in [-0.2, 0) is 9.53 Å². The molecule has 0 saturated carbocycles. The van der Waals surface area contributed by atoms with E-state index in [1.165, 1.54) is 0 Å². The average Bonchev–Trinajstić information content (AvgIpc) is 3.01. The van der Waals surface area contributed by atoms with Crippen molar-refractivity contribution >= 4 is 28.7 Å². The Morgan fingerprint density at radius 1 is 1.02 bits per heavy atom. The van der Waals surface area contributed by atoms with Crippen LogP contribution in [0.5, 0.6) is 0 Å². The highest BCUT2D eigenvalue weighted by Gasteiger charge is 2.50. The maximum atomic E-state index is 12.1. The Morgan fingerprint density at radius 3 is 2.27 bits per heavy atom. The lowest BCUT2D eigenvalue weighted by Gasteiger charge is -2.55. The number of nitrogens with one attached hydrogen (secondary N) is 3. The number of benzene rings is 2. The van der Waals surface area contributed by atoms with Gasteiger partial charge >= 0.3 is 5.97 Å². The third-order valence-electron chi connectivity index (χ3n) is 9.14. The Kier molecular flexibility index (Phi) is 11.9. The van der Waals surface area contributed by atoms with Crippen molar-refractivity contribution in [2.75, 3.05) is 84.3 Å². The van der Waals surface area contributed by atoms with E-state index in [0.29, 0.717) is 23.5 Å². The first-order chi connectivity index (χ1) is 21.5. The minimum Gasteiger partial charge on any atom is -0.460 e. The smallest absolute Gasteiger partial charge is 0.307 e. The third kappa shape index (κ3) is 8.99. The molecule has 0 bridgehead atoms. The molecule has 2 saturated heterocycles. The number of hydrogen-bond donors (Lipinski definition) is 4. The van der Waals surface area contributed by atoms with E-state index in [-0.39, 0.29) is 16.6 Å². The van der Waals surface area contributed by atoms with Crippen LogP contribution < -0.4 is 26.2 Å². The molecule has 4 rings (SSSR count). The zero-order valence-electron chi connectivity index (χ0n) is 27.6. The van der Waals surface area contributed by atoms with Crippen LogP contribution in [0.3, 0.4) is 0 Å². The second-order valence-electron chi connectivity index (χ2n) is 13.3. The minimum absolute atomic E-state index is 0.102. The highest BCUT2D eigenvalue weighted by molar-refractivity contribution is 5.70. The quantitative estimate of drug-likeness (QED) is 0.0623. The molecule has 2 aliphatic rings. The lowest BCUT2D eigenvalue weighted by Crippen LogP contribution is -2.76. The minimum atomic E-state index is -0.465. The number of anilines is 1. The van der Waals surface area contributed by atoms with E-state index in [9.17, 15) is 14.9 Å². The van der Waals surface area contributed by atoms with Gasteiger partial charge in [-0.1, -0.05) is 6.92 Å². The van der Waals surface area contributed by atoms with Crippen LogP contribution in [0.1, 0.15) is 40.5 Å². The number of nitrogens with zero attached hydrogens (tertiary/aromatic N) is 4. The number of nitro benzene ring substituents is 1. The van der Waals surface area contributed by atoms with Crippen LogP contribution in [0.2, 0.25) is 0 Å². The van der Waals surface area contributed by atoms with Crippen LogP contribution in [0.4, 0.5) is 22.7 Å². The van der Waals surface area contributed by atoms with Crippen LogP contribution in [-0.4, -0.2) is 111 Å². The van der Waals surface area contributed by atoms with Crippen LogP contribution in [0, 0.1) is 10.1 Å². The van der Waals surface area contributed by atoms with Gasteiger partial charge in [0.1, 0.15) is 49.7 Å². The van der Waals surface area contributed by atoms with Gasteiger partial charge in [-0.3, -0.25) is 14.9 Å². The van der Waals surface area contributed by atoms with E-state index in [2.05, 4.69) is 40.0 Å². The summed E-state index contributed by atoms with van der Waals surface area (Å²) >= 11 is 0. The monoisotopic (exact) mass is 626 g/mol. The normalized spacial score (nSPS) is 24.3. The Morgan fingerprint density at radius 2 is 1.67 bits per heavy atom. The van der Waals surface area contributed by atoms with Gasteiger partial charge in [-0.25, -0.2) is 9.08 Å². The number of carbonyl (C=O) groups is 1. The molecular weight excluding hydrogens is 572 g/mol. The van der Waals surface area contributed by atoms with Crippen molar-refractivity contribution < 1.29 is 19.0 Å². The number of hydrogen-bond acceptors (Lipinski definition) is 9. The number of quaternary nitrogens is 2. The lowest BCUT2D eigenvalue weighted by atomic mass is 10.1. The number of carbonyl (C=O) groups excluding carboxylic acids is 1. The van der Waals surface area contributed by atoms with Crippen molar-refractivity contribution in [1.29, 1.82) is 0 Å². The molecule has 0 radical (unpaired) electrons. The number of rotatable bonds is 14. The zero-order valence-corrected chi connectivity index (χ0v) is 27.6. The van der Waals surface area contributed by atoms with Crippen LogP contribution >= 0.6 is 0 Å². The molecule has 12 nitrogen and oxygen atoms in total. The van der Waals surface area contributed by atoms with Gasteiger partial charge in [0, 0.05) is 68.3 Å². The van der Waals surface area contributed by atoms with Crippen molar-refractivity contribution in [2.45, 2.75) is 52.2 Å². The summed E-state index contributed by atoms with van der Waals surface area (Å²) in [5.41, 5.74) is 8.64. The number of nitrogen functional groups attached to an aromatic ring is 1. The molecule has 45 heavy (non-hydrogen) atoms. The molecule has 2 fully saturated rings. The fourth-order valence-corrected chi connectivity index (χ4v) is 6.83. The van der Waals surface area contributed by atoms with Gasteiger partial charge in [0.25, 0.3) is 5.69 Å². The maximum Gasteiger partial charge on any atom is 0.307 e. The summed E-state index contributed by atoms with van der Waals surface area (Å²) in [6.45, 7) is 18.6. The molecule has 1 atom stereocenters. The molecule has 5 N–H and O–H groups in total. The number of nitro groups is 1. The van der Waals surface area contributed by atoms with Crippen LogP contribution in [0.25, 0.3) is 0 Å². The molecule has 2 aliphatic heterocycles. The second-order valence-corrected chi connectivity index (χ2v) is 13.3. The van der Waals surface area contributed by atoms with E-state index in [4.69, 9.17) is 10.5 Å². The summed E-state index contributed by atoms with van der Waals surface area (Å²) < 4.78 is 6.98. The summed E-state index contributed by atoms with van der Waals surface area (Å²) in [6, 6.07) is 15.5. The largest absolute Gasteiger partial charge is 0.460 e. The van der Waals surface area contributed by atoms with Crippen molar-refractivity contribution in [3.05, 3.63) is 58.6 Å². The van der Waals surface area contributed by atoms with Crippen molar-refractivity contribution in [2.24, 2.45) is 0 Å². The van der Waals surface area contributed by atoms with Gasteiger partial charge in [0.05, 0.1) is 23.9 Å². The predicted octanol–water partition coefficient (Wildman–Crippen LogP) is 3.16. The summed E-state index contributed by atoms with van der Waals surface area (Å²) in [6.07, 6.45) is 1.34. The first-order valence-corrected chi connectivity index (χ1v) is 16.4. The summed E-state index contributed by atoms with van der Waals surface area (Å²) in [5, 5.41) is 24.8. The fraction of sp³-hybridized carbons (Fsp3) is 0.606. The average molecular weight is 627 g/mol. The SMILES string of the molecule is CCNCC[N+]1(N2CCNCC2CCNCCC(=O)OC(C)(C)C)CC[N+](c2ccc(N)cc2)(c2ccc([N+](=O)[O-])cc2)CC1. The Bertz CT molecular complexity index is 1240. The van der Waals surface area contributed by atoms with E-state index < -0.39 is 5.60 Å². The second kappa shape index (κ2) is 15.4. The van der Waals surface area contributed by atoms with Gasteiger partial charge < -0.3 is 26.4 Å². The first-order valence-electron chi connectivity index (χ1n) is 16.4. The molecular formula is C33H54N8O4+2. The molecule has 2 aromatic carbocycles. The van der Waals surface area contributed by atoms with Crippen LogP contribution in [0.15, 0.2) is 48.5 Å². The number of nitrogens with two attached hydrogens (primary N) is 1.